The number of nitriles is 1. The molecule has 0 aliphatic heterocycles. The molecule has 76 heavy (non-hydrogen) atoms. The number of alkyl halides is 2. The summed E-state index contributed by atoms with van der Waals surface area (Å²) in [6.07, 6.45) is 2.69. The molecule has 9 rings (SSSR count). The predicted octanol–water partition coefficient (Wildman–Crippen LogP) is 11.0. The van der Waals surface area contributed by atoms with Crippen molar-refractivity contribution in [2.24, 2.45) is 0 Å². The number of benzene rings is 6. The van der Waals surface area contributed by atoms with Crippen LogP contribution >= 0.6 is 11.6 Å². The van der Waals surface area contributed by atoms with Crippen LogP contribution in [-0.4, -0.2) is 67.6 Å². The highest BCUT2D eigenvalue weighted by atomic mass is 35.5. The Balaban J connectivity index is 1.11. The van der Waals surface area contributed by atoms with Crippen LogP contribution in [0.3, 0.4) is 0 Å². The third-order valence-corrected chi connectivity index (χ3v) is 12.7. The van der Waals surface area contributed by atoms with Gasteiger partial charge in [0.25, 0.3) is 11.8 Å². The molecule has 380 valence electrons. The fraction of sp³-hybridized carbons (Fsp3) is 0.0909. The first-order valence-corrected chi connectivity index (χ1v) is 22.8. The minimum atomic E-state index is -3.81. The lowest BCUT2D eigenvalue weighted by Gasteiger charge is -2.20. The second kappa shape index (κ2) is 21.2. The van der Waals surface area contributed by atoms with E-state index in [2.05, 4.69) is 30.3 Å². The van der Waals surface area contributed by atoms with Crippen molar-refractivity contribution in [2.45, 2.75) is 31.5 Å². The summed E-state index contributed by atoms with van der Waals surface area (Å²) in [7, 11) is 0. The molecule has 21 heteroatoms. The highest BCUT2D eigenvalue weighted by molar-refractivity contribution is 6.33. The van der Waals surface area contributed by atoms with Gasteiger partial charge in [-0.2, -0.15) is 14.0 Å². The van der Waals surface area contributed by atoms with Crippen molar-refractivity contribution >= 4 is 68.1 Å². The smallest absolute Gasteiger partial charge is 0.387 e. The van der Waals surface area contributed by atoms with E-state index in [1.807, 2.05) is 6.07 Å². The topological polar surface area (TPSA) is 204 Å². The number of amides is 2. The first kappa shape index (κ1) is 51.4. The van der Waals surface area contributed by atoms with E-state index in [4.69, 9.17) is 11.6 Å². The second-order valence-electron chi connectivity index (χ2n) is 16.9. The summed E-state index contributed by atoms with van der Waals surface area (Å²) < 4.78 is 110. The van der Waals surface area contributed by atoms with Crippen LogP contribution in [0.1, 0.15) is 37.4 Å². The van der Waals surface area contributed by atoms with Crippen molar-refractivity contribution in [2.75, 3.05) is 0 Å². The number of aromatic nitrogens is 3. The van der Waals surface area contributed by atoms with E-state index >= 15 is 13.2 Å². The second-order valence-corrected chi connectivity index (χ2v) is 17.3. The molecule has 0 saturated heterocycles. The SMILES string of the molecule is N#Cc1ccc(-c2ccc(C[C@H](NC(=O)c3c(F)cc(-c4cnc5c(-c6ccc(F)c7cccnc67)ccc(C[C@H](NC(=O)c6c(F)cccc6F)C(=O)O)c5c4)c(OC(F)F)c3F)C(=O)O)c3cccnc23)c(Cl)c1. The third kappa shape index (κ3) is 9.98. The monoisotopic (exact) mass is 1060 g/mol. The summed E-state index contributed by atoms with van der Waals surface area (Å²) >= 11 is 6.49. The molecule has 3 heterocycles. The number of rotatable bonds is 15. The lowest BCUT2D eigenvalue weighted by Crippen LogP contribution is -2.43. The van der Waals surface area contributed by atoms with Crippen LogP contribution in [0.25, 0.3) is 66.1 Å². The molecule has 6 aromatic carbocycles. The number of hydrogen-bond acceptors (Lipinski definition) is 9. The molecule has 9 aromatic rings. The fourth-order valence-electron chi connectivity index (χ4n) is 8.85. The molecular weight excluding hydrogens is 1030 g/mol. The molecule has 3 aromatic heterocycles. The summed E-state index contributed by atoms with van der Waals surface area (Å²) in [5.41, 5.74) is -1.11. The van der Waals surface area contributed by atoms with Crippen molar-refractivity contribution in [3.05, 3.63) is 190 Å². The maximum atomic E-state index is 16.7. The first-order chi connectivity index (χ1) is 36.4. The number of nitrogens with zero attached hydrogens (tertiary/aromatic N) is 4. The maximum absolute atomic E-state index is 16.7. The number of carboxylic acid groups (broad SMARTS) is 2. The maximum Gasteiger partial charge on any atom is 0.387 e. The molecule has 0 spiro atoms. The van der Waals surface area contributed by atoms with Gasteiger partial charge in [-0.1, -0.05) is 54.1 Å². The molecule has 2 atom stereocenters. The Morgan fingerprint density at radius 2 is 1.13 bits per heavy atom. The van der Waals surface area contributed by atoms with Gasteiger partial charge in [0.2, 0.25) is 0 Å². The van der Waals surface area contributed by atoms with Crippen LogP contribution in [-0.2, 0) is 22.4 Å². The average molecular weight is 1060 g/mol. The molecule has 2 amide bonds. The van der Waals surface area contributed by atoms with Crippen LogP contribution in [0.2, 0.25) is 5.02 Å². The number of fused-ring (bicyclic) bond motifs is 3. The van der Waals surface area contributed by atoms with Gasteiger partial charge in [-0.05, 0) is 77.9 Å². The molecule has 0 saturated carbocycles. The number of pyridine rings is 3. The number of aliphatic carboxylic acids is 2. The van der Waals surface area contributed by atoms with Crippen LogP contribution < -0.4 is 15.4 Å². The zero-order chi connectivity index (χ0) is 54.1. The van der Waals surface area contributed by atoms with Gasteiger partial charge in [0, 0.05) is 86.0 Å². The zero-order valence-corrected chi connectivity index (χ0v) is 39.3. The summed E-state index contributed by atoms with van der Waals surface area (Å²) in [5.74, 6) is -14.7. The quantitative estimate of drug-likeness (QED) is 0.0711. The molecule has 4 N–H and O–H groups in total. The Hall–Kier alpha value is -9.48. The van der Waals surface area contributed by atoms with E-state index in [9.17, 15) is 52.2 Å². The minimum absolute atomic E-state index is 0.000315. The highest BCUT2D eigenvalue weighted by Gasteiger charge is 2.32. The average Bonchev–Trinajstić information content (AvgIpc) is 3.41. The Morgan fingerprint density at radius 3 is 1.72 bits per heavy atom. The molecular formula is C55H32ClF7N6O7. The minimum Gasteiger partial charge on any atom is -0.480 e. The van der Waals surface area contributed by atoms with Gasteiger partial charge in [0.15, 0.2) is 11.6 Å². The molecule has 0 aliphatic carbocycles. The number of ether oxygens (including phenoxy) is 1. The Labute approximate surface area is 428 Å². The van der Waals surface area contributed by atoms with Crippen LogP contribution in [0.15, 0.2) is 128 Å². The number of halogens is 8. The number of hydrogen-bond donors (Lipinski definition) is 4. The Morgan fingerprint density at radius 1 is 0.592 bits per heavy atom. The number of nitrogens with one attached hydrogen (secondary N) is 2. The zero-order valence-electron chi connectivity index (χ0n) is 38.5. The largest absolute Gasteiger partial charge is 0.480 e. The Kier molecular flexibility index (Phi) is 14.3. The fourth-order valence-corrected chi connectivity index (χ4v) is 9.13. The van der Waals surface area contributed by atoms with Crippen molar-refractivity contribution in [1.82, 2.24) is 25.6 Å². The summed E-state index contributed by atoms with van der Waals surface area (Å²) in [4.78, 5) is 65.6. The molecule has 0 bridgehead atoms. The van der Waals surface area contributed by atoms with Crippen molar-refractivity contribution in [3.63, 3.8) is 0 Å². The van der Waals surface area contributed by atoms with E-state index in [0.717, 1.165) is 36.5 Å². The van der Waals surface area contributed by atoms with E-state index < -0.39 is 107 Å². The van der Waals surface area contributed by atoms with Gasteiger partial charge in [0.05, 0.1) is 28.2 Å². The van der Waals surface area contributed by atoms with E-state index in [1.165, 1.54) is 60.9 Å². The molecule has 13 nitrogen and oxygen atoms in total. The summed E-state index contributed by atoms with van der Waals surface area (Å²) in [6.45, 7) is -3.81. The standard InChI is InChI=1S/C55H32ClF7N6O7/c56-37-18-25(23-64)8-11-30(37)31-12-9-26(29-4-2-16-65-47(29)31)20-42(53(72)73)69-52(71)45-41(60)22-36(50(46(45)61)76-55(62)63)28-19-35-27(21-43(54(74)75)68-51(70)44-39(58)6-1-7-40(44)59)10-13-32(49(35)67-24-28)33-14-15-38(57)34-5-3-17-66-48(33)34/h1-19,22,24,42-43,55H,20-21H2,(H,68,70)(H,69,71)(H,72,73)(H,74,75)/t42-,43-/m0/s1. The van der Waals surface area contributed by atoms with Gasteiger partial charge in [0.1, 0.15) is 46.5 Å². The number of carbonyl (C=O) groups excluding carboxylic acids is 2. The summed E-state index contributed by atoms with van der Waals surface area (Å²) in [6, 6.07) is 21.5. The van der Waals surface area contributed by atoms with E-state index in [0.29, 0.717) is 39.2 Å². The van der Waals surface area contributed by atoms with Crippen molar-refractivity contribution in [1.29, 1.82) is 5.26 Å². The van der Waals surface area contributed by atoms with Crippen LogP contribution in [0, 0.1) is 40.4 Å². The Bertz CT molecular complexity index is 3910. The van der Waals surface area contributed by atoms with Gasteiger partial charge in [-0.3, -0.25) is 24.5 Å². The highest BCUT2D eigenvalue weighted by Crippen LogP contribution is 2.41. The van der Waals surface area contributed by atoms with E-state index in [-0.39, 0.29) is 49.1 Å². The predicted molar refractivity (Wildman–Crippen MR) is 263 cm³/mol. The van der Waals surface area contributed by atoms with Gasteiger partial charge in [-0.25, -0.2) is 31.5 Å². The molecule has 0 fully saturated rings. The van der Waals surface area contributed by atoms with Crippen LogP contribution in [0.5, 0.6) is 5.75 Å². The molecule has 0 unspecified atom stereocenters. The lowest BCUT2D eigenvalue weighted by molar-refractivity contribution is -0.140. The summed E-state index contributed by atoms with van der Waals surface area (Å²) in [5, 5.41) is 34.7. The van der Waals surface area contributed by atoms with Crippen molar-refractivity contribution < 1.29 is 64.9 Å². The number of carboxylic acids is 2. The van der Waals surface area contributed by atoms with Gasteiger partial charge < -0.3 is 25.6 Å². The third-order valence-electron chi connectivity index (χ3n) is 12.4. The van der Waals surface area contributed by atoms with Crippen molar-refractivity contribution in [3.8, 4) is 45.2 Å². The molecule has 0 radical (unpaired) electrons. The lowest BCUT2D eigenvalue weighted by atomic mass is 9.92. The molecule has 0 aliphatic rings. The normalized spacial score (nSPS) is 12.1. The first-order valence-electron chi connectivity index (χ1n) is 22.4. The number of carbonyl (C=O) groups is 4. The van der Waals surface area contributed by atoms with Gasteiger partial charge in [-0.15, -0.1) is 0 Å². The van der Waals surface area contributed by atoms with E-state index in [1.54, 1.807) is 24.3 Å². The van der Waals surface area contributed by atoms with Crippen LogP contribution in [0.4, 0.5) is 30.7 Å². The van der Waals surface area contributed by atoms with Gasteiger partial charge >= 0.3 is 18.6 Å².